The van der Waals surface area contributed by atoms with Crippen LogP contribution in [0.1, 0.15) is 39.0 Å². The molecule has 2 N–H and O–H groups in total. The van der Waals surface area contributed by atoms with Gasteiger partial charge in [-0.1, -0.05) is 19.3 Å². The summed E-state index contributed by atoms with van der Waals surface area (Å²) in [5.74, 6) is 0.786. The van der Waals surface area contributed by atoms with Gasteiger partial charge in [0, 0.05) is 24.6 Å². The van der Waals surface area contributed by atoms with Crippen molar-refractivity contribution in [2.75, 3.05) is 0 Å². The van der Waals surface area contributed by atoms with E-state index in [-0.39, 0.29) is 12.1 Å². The Morgan fingerprint density at radius 2 is 2.17 bits per heavy atom. The normalized spacial score (nSPS) is 23.5. The van der Waals surface area contributed by atoms with Crippen molar-refractivity contribution in [3.63, 3.8) is 0 Å². The Hall–Kier alpha value is -2.15. The molecule has 1 aliphatic carbocycles. The highest BCUT2D eigenvalue weighted by Crippen LogP contribution is 2.26. The lowest BCUT2D eigenvalue weighted by atomic mass is 9.84. The maximum absolute atomic E-state index is 12.7. The van der Waals surface area contributed by atoms with Gasteiger partial charge in [0.2, 0.25) is 5.96 Å². The smallest absolute Gasteiger partial charge is 0.326 e. The Morgan fingerprint density at radius 1 is 1.39 bits per heavy atom. The maximum Gasteiger partial charge on any atom is 0.326 e. The van der Waals surface area contributed by atoms with Crippen LogP contribution in [0.3, 0.4) is 0 Å². The van der Waals surface area contributed by atoms with E-state index in [0.717, 1.165) is 12.8 Å². The number of aliphatic hydroxyl groups excluding tert-OH is 1. The van der Waals surface area contributed by atoms with Crippen LogP contribution in [0.4, 0.5) is 4.79 Å². The van der Waals surface area contributed by atoms with Crippen LogP contribution >= 0.6 is 0 Å². The molecule has 0 radical (unpaired) electrons. The van der Waals surface area contributed by atoms with Gasteiger partial charge < -0.3 is 10.4 Å². The topological polar surface area (TPSA) is 82.8 Å². The molecule has 1 fully saturated rings. The molecule has 23 heavy (non-hydrogen) atoms. The molecule has 0 bridgehead atoms. The van der Waals surface area contributed by atoms with E-state index in [4.69, 9.17) is 0 Å². The molecule has 124 valence electrons. The van der Waals surface area contributed by atoms with E-state index in [1.54, 1.807) is 18.5 Å². The number of aliphatic imine (C=N–C) groups is 1. The number of aliphatic hydroxyl groups is 1. The highest BCUT2D eigenvalue weighted by molar-refractivity contribution is 5.98. The van der Waals surface area contributed by atoms with Crippen LogP contribution < -0.4 is 5.32 Å². The van der Waals surface area contributed by atoms with E-state index in [0.29, 0.717) is 11.9 Å². The number of nitrogens with zero attached hydrogens (tertiary/aromatic N) is 4. The van der Waals surface area contributed by atoms with E-state index in [2.05, 4.69) is 15.4 Å². The van der Waals surface area contributed by atoms with Crippen molar-refractivity contribution >= 4 is 12.0 Å². The molecule has 3 rings (SSSR count). The predicted octanol–water partition coefficient (Wildman–Crippen LogP) is 1.91. The van der Waals surface area contributed by atoms with E-state index in [9.17, 15) is 9.90 Å². The number of carbonyl (C=O) groups excluding carboxylic acids is 1. The number of carbonyl (C=O) groups is 1. The second kappa shape index (κ2) is 6.95. The lowest BCUT2D eigenvalue weighted by Crippen LogP contribution is -2.55. The summed E-state index contributed by atoms with van der Waals surface area (Å²) in [4.78, 5) is 18.1. The maximum atomic E-state index is 12.7. The van der Waals surface area contributed by atoms with Gasteiger partial charge in [0.25, 0.3) is 0 Å². The van der Waals surface area contributed by atoms with Gasteiger partial charge in [0.1, 0.15) is 0 Å². The highest BCUT2D eigenvalue weighted by atomic mass is 16.3. The zero-order valence-electron chi connectivity index (χ0n) is 13.3. The number of amides is 2. The molecular formula is C16H23N5O2. The van der Waals surface area contributed by atoms with Crippen LogP contribution in [0, 0.1) is 5.92 Å². The number of hydrogen-bond donors (Lipinski definition) is 2. The molecule has 7 nitrogen and oxygen atoms in total. The molecule has 1 aromatic rings. The minimum atomic E-state index is -1.05. The standard InChI is InChI=1S/C16H23N5O2/c1-12(13-6-3-2-4-7-13)19-16(23)21-14(22)8-10-17-15(21)20-11-5-9-18-20/h5,8-14,22H,2-4,6-7H2,1H3,(H,19,23)/t12-,14?/m0/s1. The van der Waals surface area contributed by atoms with Gasteiger partial charge in [0.15, 0.2) is 6.23 Å². The molecule has 2 amide bonds. The SMILES string of the molecule is C[C@H](NC(=O)N1C(n2cccn2)=NC=CC1O)C1CCCCC1. The second-order valence-electron chi connectivity index (χ2n) is 6.14. The third-order valence-corrected chi connectivity index (χ3v) is 4.56. The average molecular weight is 317 g/mol. The summed E-state index contributed by atoms with van der Waals surface area (Å²) in [5, 5.41) is 17.3. The van der Waals surface area contributed by atoms with Gasteiger partial charge in [-0.05, 0) is 37.8 Å². The fraction of sp³-hybridized carbons (Fsp3) is 0.562. The largest absolute Gasteiger partial charge is 0.369 e. The molecule has 7 heteroatoms. The first-order chi connectivity index (χ1) is 11.2. The Labute approximate surface area is 135 Å². The van der Waals surface area contributed by atoms with Crippen LogP contribution in [0.5, 0.6) is 0 Å². The van der Waals surface area contributed by atoms with E-state index in [1.807, 2.05) is 6.92 Å². The lowest BCUT2D eigenvalue weighted by Gasteiger charge is -2.33. The third-order valence-electron chi connectivity index (χ3n) is 4.56. The van der Waals surface area contributed by atoms with Gasteiger partial charge in [-0.25, -0.2) is 19.4 Å². The Balaban J connectivity index is 1.71. The molecule has 2 aliphatic rings. The van der Waals surface area contributed by atoms with Gasteiger partial charge >= 0.3 is 6.03 Å². The molecule has 1 saturated carbocycles. The minimum Gasteiger partial charge on any atom is -0.369 e. The fourth-order valence-corrected chi connectivity index (χ4v) is 3.24. The molecule has 1 aromatic heterocycles. The number of hydrogen-bond acceptors (Lipinski definition) is 4. The Bertz CT molecular complexity index is 590. The van der Waals surface area contributed by atoms with Crippen molar-refractivity contribution in [3.8, 4) is 0 Å². The summed E-state index contributed by atoms with van der Waals surface area (Å²) in [7, 11) is 0. The summed E-state index contributed by atoms with van der Waals surface area (Å²) in [6, 6.07) is 1.46. The van der Waals surface area contributed by atoms with Gasteiger partial charge in [-0.3, -0.25) is 0 Å². The van der Waals surface area contributed by atoms with E-state index >= 15 is 0 Å². The van der Waals surface area contributed by atoms with Crippen LogP contribution in [0.15, 0.2) is 35.7 Å². The second-order valence-corrected chi connectivity index (χ2v) is 6.14. The molecular weight excluding hydrogens is 294 g/mol. The zero-order valence-corrected chi connectivity index (χ0v) is 13.3. The number of aromatic nitrogens is 2. The minimum absolute atomic E-state index is 0.0692. The summed E-state index contributed by atoms with van der Waals surface area (Å²) < 4.78 is 1.47. The van der Waals surface area contributed by atoms with Gasteiger partial charge in [-0.2, -0.15) is 5.10 Å². The molecule has 1 unspecified atom stereocenters. The summed E-state index contributed by atoms with van der Waals surface area (Å²) in [5.41, 5.74) is 0. The molecule has 2 atom stereocenters. The summed E-state index contributed by atoms with van der Waals surface area (Å²) >= 11 is 0. The quantitative estimate of drug-likeness (QED) is 0.874. The van der Waals surface area contributed by atoms with Crippen molar-refractivity contribution in [3.05, 3.63) is 30.7 Å². The molecule has 0 saturated heterocycles. The zero-order chi connectivity index (χ0) is 16.2. The van der Waals surface area contributed by atoms with Crippen molar-refractivity contribution in [2.24, 2.45) is 10.9 Å². The van der Waals surface area contributed by atoms with Crippen LogP contribution in [0.25, 0.3) is 0 Å². The van der Waals surface area contributed by atoms with Crippen LogP contribution in [0.2, 0.25) is 0 Å². The first-order valence-corrected chi connectivity index (χ1v) is 8.19. The van der Waals surface area contributed by atoms with Crippen molar-refractivity contribution in [2.45, 2.75) is 51.3 Å². The van der Waals surface area contributed by atoms with Gasteiger partial charge in [-0.15, -0.1) is 0 Å². The van der Waals surface area contributed by atoms with Crippen LogP contribution in [-0.2, 0) is 0 Å². The molecule has 0 aromatic carbocycles. The van der Waals surface area contributed by atoms with Crippen molar-refractivity contribution in [1.29, 1.82) is 0 Å². The Morgan fingerprint density at radius 3 is 2.87 bits per heavy atom. The van der Waals surface area contributed by atoms with Crippen molar-refractivity contribution < 1.29 is 9.90 Å². The predicted molar refractivity (Wildman–Crippen MR) is 86.6 cm³/mol. The lowest BCUT2D eigenvalue weighted by molar-refractivity contribution is 0.102. The van der Waals surface area contributed by atoms with Gasteiger partial charge in [0.05, 0.1) is 0 Å². The first-order valence-electron chi connectivity index (χ1n) is 8.19. The number of urea groups is 1. The monoisotopic (exact) mass is 317 g/mol. The number of nitrogens with one attached hydrogen (secondary N) is 1. The third kappa shape index (κ3) is 3.44. The number of rotatable bonds is 2. The molecule has 2 heterocycles. The Kier molecular flexibility index (Phi) is 4.76. The fourth-order valence-electron chi connectivity index (χ4n) is 3.24. The first kappa shape index (κ1) is 15.7. The molecule has 0 spiro atoms. The summed E-state index contributed by atoms with van der Waals surface area (Å²) in [6.45, 7) is 2.03. The van der Waals surface area contributed by atoms with Crippen molar-refractivity contribution in [1.82, 2.24) is 20.0 Å². The summed E-state index contributed by atoms with van der Waals surface area (Å²) in [6.07, 6.45) is 11.2. The van der Waals surface area contributed by atoms with Crippen LogP contribution in [-0.4, -0.2) is 44.0 Å². The van der Waals surface area contributed by atoms with E-state index < -0.39 is 6.23 Å². The van der Waals surface area contributed by atoms with E-state index in [1.165, 1.54) is 41.1 Å². The average Bonchev–Trinajstić information content (AvgIpc) is 3.09. The highest BCUT2D eigenvalue weighted by Gasteiger charge is 2.31. The molecule has 1 aliphatic heterocycles.